The molecule has 1 heterocycles. The third-order valence-corrected chi connectivity index (χ3v) is 11.8. The minimum absolute atomic E-state index is 0.206. The highest BCUT2D eigenvalue weighted by atomic mass is 14.9. The van der Waals surface area contributed by atoms with Crippen LogP contribution in [0.2, 0.25) is 0 Å². The molecule has 0 radical (unpaired) electrons. The first-order valence-electron chi connectivity index (χ1n) is 19.1. The van der Waals surface area contributed by atoms with Crippen LogP contribution in [0.25, 0.3) is 99.6 Å². The quantitative estimate of drug-likeness (QED) is 0.167. The van der Waals surface area contributed by atoms with Crippen molar-refractivity contribution in [3.63, 3.8) is 0 Å². The average molecular weight is 701 g/mol. The standard InChI is InChI=1S/C53H36N2/c1-53(2)45-21-11-20-44(48-32-47(54-52(55-48)37-14-7-4-8-15-37)40-19-10-18-38(30-40)33-12-5-3-6-13-33)51(45)43-29-26-39(31-46(43)53)41-27-24-36-23-22-34-16-9-17-35-25-28-42(41)50(36)49(34)35/h3-32H,1-2H3. The van der Waals surface area contributed by atoms with E-state index in [0.29, 0.717) is 0 Å². The van der Waals surface area contributed by atoms with Gasteiger partial charge in [0.1, 0.15) is 0 Å². The molecule has 55 heavy (non-hydrogen) atoms. The lowest BCUT2D eigenvalue weighted by Gasteiger charge is -2.22. The Labute approximate surface area is 320 Å². The van der Waals surface area contributed by atoms with Crippen LogP contribution >= 0.6 is 0 Å². The van der Waals surface area contributed by atoms with Gasteiger partial charge in [-0.3, -0.25) is 0 Å². The van der Waals surface area contributed by atoms with E-state index < -0.39 is 0 Å². The van der Waals surface area contributed by atoms with Crippen molar-refractivity contribution in [1.29, 1.82) is 0 Å². The zero-order valence-corrected chi connectivity index (χ0v) is 30.7. The molecule has 1 aliphatic rings. The van der Waals surface area contributed by atoms with Crippen molar-refractivity contribution in [2.24, 2.45) is 0 Å². The van der Waals surface area contributed by atoms with Gasteiger partial charge >= 0.3 is 0 Å². The molecule has 0 atom stereocenters. The number of nitrogens with zero attached hydrogens (tertiary/aromatic N) is 2. The van der Waals surface area contributed by atoms with Crippen LogP contribution in [0.15, 0.2) is 182 Å². The fraction of sp³-hybridized carbons (Fsp3) is 0.0566. The molecular formula is C53H36N2. The molecule has 0 fully saturated rings. The number of fused-ring (bicyclic) bond motifs is 3. The highest BCUT2D eigenvalue weighted by Crippen LogP contribution is 2.53. The lowest BCUT2D eigenvalue weighted by Crippen LogP contribution is -2.15. The molecule has 1 aliphatic carbocycles. The van der Waals surface area contributed by atoms with Crippen LogP contribution < -0.4 is 0 Å². The molecule has 0 saturated heterocycles. The third-order valence-electron chi connectivity index (χ3n) is 11.8. The minimum Gasteiger partial charge on any atom is -0.228 e. The van der Waals surface area contributed by atoms with Crippen LogP contribution in [-0.4, -0.2) is 9.97 Å². The van der Waals surface area contributed by atoms with Gasteiger partial charge in [0.05, 0.1) is 11.4 Å². The summed E-state index contributed by atoms with van der Waals surface area (Å²) in [5, 5.41) is 7.86. The van der Waals surface area contributed by atoms with Crippen LogP contribution in [0.3, 0.4) is 0 Å². The Morgan fingerprint density at radius 2 is 0.982 bits per heavy atom. The van der Waals surface area contributed by atoms with E-state index in [-0.39, 0.29) is 5.41 Å². The molecule has 258 valence electrons. The number of rotatable bonds is 5. The molecule has 0 N–H and O–H groups in total. The fourth-order valence-corrected chi connectivity index (χ4v) is 9.09. The SMILES string of the molecule is CC1(C)c2cc(-c3ccc4ccc5cccc6ccc3c4c56)ccc2-c2c(-c3cc(-c4cccc(-c5ccccc5)c4)nc(-c4ccccc4)n3)cccc21. The van der Waals surface area contributed by atoms with Crippen LogP contribution in [0.5, 0.6) is 0 Å². The summed E-state index contributed by atoms with van der Waals surface area (Å²) in [7, 11) is 0. The van der Waals surface area contributed by atoms with Crippen LogP contribution in [0.4, 0.5) is 0 Å². The molecule has 9 aromatic carbocycles. The lowest BCUT2D eigenvalue weighted by molar-refractivity contribution is 0.660. The molecule has 2 heteroatoms. The maximum Gasteiger partial charge on any atom is 0.160 e. The maximum atomic E-state index is 5.31. The monoisotopic (exact) mass is 700 g/mol. The Hall–Kier alpha value is -6.90. The van der Waals surface area contributed by atoms with E-state index in [1.807, 2.05) is 6.07 Å². The van der Waals surface area contributed by atoms with Gasteiger partial charge in [0.15, 0.2) is 5.82 Å². The van der Waals surface area contributed by atoms with Crippen molar-refractivity contribution in [3.8, 4) is 67.3 Å². The number of hydrogen-bond donors (Lipinski definition) is 0. The van der Waals surface area contributed by atoms with E-state index in [0.717, 1.165) is 39.5 Å². The van der Waals surface area contributed by atoms with Gasteiger partial charge in [-0.1, -0.05) is 178 Å². The molecular weight excluding hydrogens is 665 g/mol. The molecule has 1 aromatic heterocycles. The van der Waals surface area contributed by atoms with Gasteiger partial charge < -0.3 is 0 Å². The van der Waals surface area contributed by atoms with Gasteiger partial charge in [0.25, 0.3) is 0 Å². The first-order valence-corrected chi connectivity index (χ1v) is 19.1. The molecule has 0 bridgehead atoms. The second kappa shape index (κ2) is 12.1. The maximum absolute atomic E-state index is 5.31. The molecule has 10 aromatic rings. The lowest BCUT2D eigenvalue weighted by atomic mass is 9.81. The summed E-state index contributed by atoms with van der Waals surface area (Å²) in [6, 6.07) is 65.9. The Bertz CT molecular complexity index is 3090. The van der Waals surface area contributed by atoms with Gasteiger partial charge in [0, 0.05) is 22.1 Å². The van der Waals surface area contributed by atoms with E-state index in [9.17, 15) is 0 Å². The van der Waals surface area contributed by atoms with Gasteiger partial charge in [-0.25, -0.2) is 9.97 Å². The Morgan fingerprint density at radius 1 is 0.364 bits per heavy atom. The van der Waals surface area contributed by atoms with Crippen LogP contribution in [0.1, 0.15) is 25.0 Å². The summed E-state index contributed by atoms with van der Waals surface area (Å²) in [4.78, 5) is 10.5. The van der Waals surface area contributed by atoms with E-state index in [2.05, 4.69) is 190 Å². The summed E-state index contributed by atoms with van der Waals surface area (Å²) < 4.78 is 0. The first-order chi connectivity index (χ1) is 27.0. The smallest absolute Gasteiger partial charge is 0.160 e. The van der Waals surface area contributed by atoms with Gasteiger partial charge in [-0.15, -0.1) is 0 Å². The van der Waals surface area contributed by atoms with Crippen molar-refractivity contribution in [2.75, 3.05) is 0 Å². The number of aromatic nitrogens is 2. The molecule has 0 spiro atoms. The zero-order chi connectivity index (χ0) is 36.7. The normalized spacial score (nSPS) is 13.1. The molecule has 11 rings (SSSR count). The first kappa shape index (κ1) is 31.6. The van der Waals surface area contributed by atoms with E-state index in [1.54, 1.807) is 0 Å². The summed E-state index contributed by atoms with van der Waals surface area (Å²) in [6.07, 6.45) is 0. The van der Waals surface area contributed by atoms with Crippen LogP contribution in [-0.2, 0) is 5.41 Å². The van der Waals surface area contributed by atoms with Crippen molar-refractivity contribution >= 4 is 32.3 Å². The highest BCUT2D eigenvalue weighted by molar-refractivity contribution is 6.25. The van der Waals surface area contributed by atoms with Crippen molar-refractivity contribution in [1.82, 2.24) is 9.97 Å². The predicted molar refractivity (Wildman–Crippen MR) is 230 cm³/mol. The second-order valence-electron chi connectivity index (χ2n) is 15.4. The van der Waals surface area contributed by atoms with Gasteiger partial charge in [0.2, 0.25) is 0 Å². The molecule has 0 aliphatic heterocycles. The van der Waals surface area contributed by atoms with Gasteiger partial charge in [-0.05, 0) is 95.0 Å². The average Bonchev–Trinajstić information content (AvgIpc) is 3.48. The predicted octanol–water partition coefficient (Wildman–Crippen LogP) is 14.0. The van der Waals surface area contributed by atoms with E-state index in [4.69, 9.17) is 9.97 Å². The summed E-state index contributed by atoms with van der Waals surface area (Å²) in [5.74, 6) is 0.720. The topological polar surface area (TPSA) is 25.8 Å². The largest absolute Gasteiger partial charge is 0.228 e. The highest BCUT2D eigenvalue weighted by Gasteiger charge is 2.37. The summed E-state index contributed by atoms with van der Waals surface area (Å²) in [5.41, 5.74) is 14.8. The third kappa shape index (κ3) is 4.95. The minimum atomic E-state index is -0.206. The number of benzene rings is 9. The second-order valence-corrected chi connectivity index (χ2v) is 15.4. The van der Waals surface area contributed by atoms with Crippen molar-refractivity contribution in [3.05, 3.63) is 193 Å². The summed E-state index contributed by atoms with van der Waals surface area (Å²) >= 11 is 0. The Kier molecular flexibility index (Phi) is 6.93. The fourth-order valence-electron chi connectivity index (χ4n) is 9.09. The van der Waals surface area contributed by atoms with Gasteiger partial charge in [-0.2, -0.15) is 0 Å². The zero-order valence-electron chi connectivity index (χ0n) is 30.7. The summed E-state index contributed by atoms with van der Waals surface area (Å²) in [6.45, 7) is 4.73. The molecule has 2 nitrogen and oxygen atoms in total. The Balaban J connectivity index is 1.08. The van der Waals surface area contributed by atoms with Crippen molar-refractivity contribution in [2.45, 2.75) is 19.3 Å². The van der Waals surface area contributed by atoms with E-state index >= 15 is 0 Å². The molecule has 0 unspecified atom stereocenters. The Morgan fingerprint density at radius 3 is 1.78 bits per heavy atom. The molecule has 0 saturated carbocycles. The van der Waals surface area contributed by atoms with E-state index in [1.165, 1.54) is 71.3 Å². The molecule has 0 amide bonds. The van der Waals surface area contributed by atoms with Crippen molar-refractivity contribution < 1.29 is 0 Å². The van der Waals surface area contributed by atoms with Crippen LogP contribution in [0, 0.1) is 0 Å². The number of hydrogen-bond acceptors (Lipinski definition) is 2.